The molecule has 0 spiro atoms. The van der Waals surface area contributed by atoms with E-state index < -0.39 is 0 Å². The van der Waals surface area contributed by atoms with Crippen molar-refractivity contribution in [1.29, 1.82) is 0 Å². The number of alkyl halides is 1. The van der Waals surface area contributed by atoms with Gasteiger partial charge in [-0.25, -0.2) is 4.39 Å². The summed E-state index contributed by atoms with van der Waals surface area (Å²) in [7, 11) is 1.62. The van der Waals surface area contributed by atoms with Crippen molar-refractivity contribution in [2.24, 2.45) is 0 Å². The van der Waals surface area contributed by atoms with E-state index in [0.717, 1.165) is 25.3 Å². The minimum atomic E-state index is -0.291. The Kier molecular flexibility index (Phi) is 3.29. The molecule has 4 heteroatoms. The van der Waals surface area contributed by atoms with Crippen molar-refractivity contribution in [1.82, 2.24) is 4.90 Å². The molecule has 1 aromatic rings. The number of nitrogen functional groups attached to an aromatic ring is 1. The van der Waals surface area contributed by atoms with Gasteiger partial charge in [0, 0.05) is 19.6 Å². The van der Waals surface area contributed by atoms with Crippen molar-refractivity contribution >= 4 is 5.69 Å². The standard InChI is InChI=1S/C12H17FN2O/c1-16-12-7-9-2-4-15(5-3-13)8-10(9)6-11(12)14/h6-7H,2-5,8,14H2,1H3. The lowest BCUT2D eigenvalue weighted by molar-refractivity contribution is 0.231. The Labute approximate surface area is 95.0 Å². The Morgan fingerprint density at radius 3 is 2.94 bits per heavy atom. The van der Waals surface area contributed by atoms with Crippen molar-refractivity contribution in [3.05, 3.63) is 23.3 Å². The molecule has 2 rings (SSSR count). The van der Waals surface area contributed by atoms with Gasteiger partial charge in [0.1, 0.15) is 12.4 Å². The molecule has 0 saturated carbocycles. The molecule has 0 fully saturated rings. The fraction of sp³-hybridized carbons (Fsp3) is 0.500. The van der Waals surface area contributed by atoms with Crippen molar-refractivity contribution in [2.45, 2.75) is 13.0 Å². The first-order valence-corrected chi connectivity index (χ1v) is 5.48. The van der Waals surface area contributed by atoms with E-state index in [4.69, 9.17) is 10.5 Å². The molecule has 0 bridgehead atoms. The van der Waals surface area contributed by atoms with Crippen LogP contribution in [0.4, 0.5) is 10.1 Å². The van der Waals surface area contributed by atoms with Crippen molar-refractivity contribution in [3.63, 3.8) is 0 Å². The zero-order chi connectivity index (χ0) is 11.5. The third-order valence-electron chi connectivity index (χ3n) is 3.04. The Morgan fingerprint density at radius 2 is 2.25 bits per heavy atom. The van der Waals surface area contributed by atoms with Gasteiger partial charge in [0.15, 0.2) is 0 Å². The predicted molar refractivity (Wildman–Crippen MR) is 62.4 cm³/mol. The minimum absolute atomic E-state index is 0.291. The summed E-state index contributed by atoms with van der Waals surface area (Å²) in [6.07, 6.45) is 0.936. The van der Waals surface area contributed by atoms with Gasteiger partial charge in [-0.15, -0.1) is 0 Å². The maximum absolute atomic E-state index is 12.3. The third-order valence-corrected chi connectivity index (χ3v) is 3.04. The van der Waals surface area contributed by atoms with Gasteiger partial charge in [0.05, 0.1) is 12.8 Å². The fourth-order valence-corrected chi connectivity index (χ4v) is 2.15. The van der Waals surface area contributed by atoms with Crippen LogP contribution in [0.15, 0.2) is 12.1 Å². The van der Waals surface area contributed by atoms with Crippen LogP contribution in [0.1, 0.15) is 11.1 Å². The summed E-state index contributed by atoms with van der Waals surface area (Å²) in [5.74, 6) is 0.734. The normalized spacial score (nSPS) is 15.9. The molecule has 1 aromatic carbocycles. The Balaban J connectivity index is 2.22. The smallest absolute Gasteiger partial charge is 0.142 e. The molecule has 2 N–H and O–H groups in total. The van der Waals surface area contributed by atoms with E-state index in [1.54, 1.807) is 7.11 Å². The molecule has 1 heterocycles. The van der Waals surface area contributed by atoms with E-state index in [2.05, 4.69) is 4.90 Å². The number of ether oxygens (including phenoxy) is 1. The fourth-order valence-electron chi connectivity index (χ4n) is 2.15. The number of hydrogen-bond donors (Lipinski definition) is 1. The minimum Gasteiger partial charge on any atom is -0.495 e. The summed E-state index contributed by atoms with van der Waals surface area (Å²) in [6, 6.07) is 3.94. The van der Waals surface area contributed by atoms with Crippen LogP contribution in [-0.2, 0) is 13.0 Å². The van der Waals surface area contributed by atoms with Gasteiger partial charge in [-0.3, -0.25) is 4.90 Å². The van der Waals surface area contributed by atoms with E-state index in [9.17, 15) is 4.39 Å². The van der Waals surface area contributed by atoms with Gasteiger partial charge in [0.25, 0.3) is 0 Å². The van der Waals surface area contributed by atoms with E-state index in [-0.39, 0.29) is 6.67 Å². The van der Waals surface area contributed by atoms with Gasteiger partial charge in [-0.2, -0.15) is 0 Å². The molecular formula is C12H17FN2O. The molecule has 0 radical (unpaired) electrons. The first-order valence-electron chi connectivity index (χ1n) is 5.48. The molecule has 0 aromatic heterocycles. The number of rotatable bonds is 3. The van der Waals surface area contributed by atoms with Gasteiger partial charge >= 0.3 is 0 Å². The SMILES string of the molecule is COc1cc2c(cc1N)CN(CCF)CC2. The number of halogens is 1. The third kappa shape index (κ3) is 2.11. The largest absolute Gasteiger partial charge is 0.495 e. The molecule has 1 aliphatic heterocycles. The average molecular weight is 224 g/mol. The molecule has 0 atom stereocenters. The number of nitrogens with two attached hydrogens (primary N) is 1. The van der Waals surface area contributed by atoms with E-state index in [0.29, 0.717) is 12.2 Å². The maximum atomic E-state index is 12.3. The number of benzene rings is 1. The molecule has 0 amide bonds. The highest BCUT2D eigenvalue weighted by Gasteiger charge is 2.17. The summed E-state index contributed by atoms with van der Waals surface area (Å²) in [4.78, 5) is 2.11. The van der Waals surface area contributed by atoms with E-state index in [1.165, 1.54) is 11.1 Å². The highest BCUT2D eigenvalue weighted by molar-refractivity contribution is 5.57. The van der Waals surface area contributed by atoms with Crippen LogP contribution in [0.3, 0.4) is 0 Å². The van der Waals surface area contributed by atoms with Crippen LogP contribution >= 0.6 is 0 Å². The van der Waals surface area contributed by atoms with Gasteiger partial charge < -0.3 is 10.5 Å². The van der Waals surface area contributed by atoms with Gasteiger partial charge in [-0.1, -0.05) is 0 Å². The summed E-state index contributed by atoms with van der Waals surface area (Å²) in [5.41, 5.74) is 8.97. The predicted octanol–water partition coefficient (Wildman–Crippen LogP) is 1.60. The number of nitrogens with zero attached hydrogens (tertiary/aromatic N) is 1. The van der Waals surface area contributed by atoms with Crippen LogP contribution in [0.25, 0.3) is 0 Å². The lowest BCUT2D eigenvalue weighted by Gasteiger charge is -2.28. The molecule has 16 heavy (non-hydrogen) atoms. The summed E-state index contributed by atoms with van der Waals surface area (Å²) in [6.45, 7) is 1.91. The summed E-state index contributed by atoms with van der Waals surface area (Å²) in [5, 5.41) is 0. The van der Waals surface area contributed by atoms with Crippen LogP contribution in [-0.4, -0.2) is 31.8 Å². The highest BCUT2D eigenvalue weighted by atomic mass is 19.1. The molecular weight excluding hydrogens is 207 g/mol. The van der Waals surface area contributed by atoms with E-state index in [1.807, 2.05) is 12.1 Å². The zero-order valence-electron chi connectivity index (χ0n) is 9.50. The highest BCUT2D eigenvalue weighted by Crippen LogP contribution is 2.29. The van der Waals surface area contributed by atoms with Crippen LogP contribution in [0.2, 0.25) is 0 Å². The second-order valence-corrected chi connectivity index (χ2v) is 4.08. The second kappa shape index (κ2) is 4.70. The number of methoxy groups -OCH3 is 1. The van der Waals surface area contributed by atoms with Gasteiger partial charge in [0.2, 0.25) is 0 Å². The van der Waals surface area contributed by atoms with Gasteiger partial charge in [-0.05, 0) is 29.7 Å². The molecule has 88 valence electrons. The molecule has 0 unspecified atom stereocenters. The van der Waals surface area contributed by atoms with Crippen LogP contribution in [0.5, 0.6) is 5.75 Å². The Morgan fingerprint density at radius 1 is 1.44 bits per heavy atom. The van der Waals surface area contributed by atoms with Crippen molar-refractivity contribution in [3.8, 4) is 5.75 Å². The number of fused-ring (bicyclic) bond motifs is 1. The lowest BCUT2D eigenvalue weighted by atomic mass is 9.98. The van der Waals surface area contributed by atoms with Crippen molar-refractivity contribution < 1.29 is 9.13 Å². The monoisotopic (exact) mass is 224 g/mol. The second-order valence-electron chi connectivity index (χ2n) is 4.08. The maximum Gasteiger partial charge on any atom is 0.142 e. The zero-order valence-corrected chi connectivity index (χ0v) is 9.50. The number of hydrogen-bond acceptors (Lipinski definition) is 3. The molecule has 0 aliphatic carbocycles. The first-order chi connectivity index (χ1) is 7.74. The lowest BCUT2D eigenvalue weighted by Crippen LogP contribution is -2.32. The quantitative estimate of drug-likeness (QED) is 0.793. The Bertz CT molecular complexity index is 382. The van der Waals surface area contributed by atoms with Crippen LogP contribution < -0.4 is 10.5 Å². The van der Waals surface area contributed by atoms with E-state index >= 15 is 0 Å². The molecule has 1 aliphatic rings. The topological polar surface area (TPSA) is 38.5 Å². The number of anilines is 1. The Hall–Kier alpha value is -1.29. The summed E-state index contributed by atoms with van der Waals surface area (Å²) >= 11 is 0. The molecule has 3 nitrogen and oxygen atoms in total. The summed E-state index contributed by atoms with van der Waals surface area (Å²) < 4.78 is 17.5. The van der Waals surface area contributed by atoms with Crippen molar-refractivity contribution in [2.75, 3.05) is 32.6 Å². The molecule has 0 saturated heterocycles. The van der Waals surface area contributed by atoms with Crippen LogP contribution in [0, 0.1) is 0 Å². The first kappa shape index (κ1) is 11.2. The average Bonchev–Trinajstić information content (AvgIpc) is 2.28.